The zero-order valence-corrected chi connectivity index (χ0v) is 12.2. The Balaban J connectivity index is 2.86. The molecule has 1 aromatic carbocycles. The van der Waals surface area contributed by atoms with Crippen molar-refractivity contribution in [2.45, 2.75) is 20.8 Å². The highest BCUT2D eigenvalue weighted by molar-refractivity contribution is 6.45. The van der Waals surface area contributed by atoms with Crippen LogP contribution in [0.3, 0.4) is 0 Å². The van der Waals surface area contributed by atoms with Crippen LogP contribution < -0.4 is 16.5 Å². The number of amides is 1. The SMILES string of the molecule is Cc1cc(N/N=C(\C#N)C(=N)N)ccc1NC(=O)C(C)C. The molecular formula is C14H18N6O. The fourth-order valence-corrected chi connectivity index (χ4v) is 1.42. The molecule has 0 heterocycles. The van der Waals surface area contributed by atoms with E-state index in [2.05, 4.69) is 15.8 Å². The molecule has 1 aromatic rings. The van der Waals surface area contributed by atoms with Crippen molar-refractivity contribution in [2.75, 3.05) is 10.7 Å². The zero-order valence-electron chi connectivity index (χ0n) is 12.2. The van der Waals surface area contributed by atoms with Gasteiger partial charge in [0.25, 0.3) is 0 Å². The number of nitriles is 1. The molecule has 5 N–H and O–H groups in total. The van der Waals surface area contributed by atoms with E-state index >= 15 is 0 Å². The van der Waals surface area contributed by atoms with Crippen LogP contribution in [0.5, 0.6) is 0 Å². The first-order valence-corrected chi connectivity index (χ1v) is 6.35. The molecule has 0 saturated heterocycles. The Bertz CT molecular complexity index is 627. The molecule has 7 heteroatoms. The minimum Gasteiger partial charge on any atom is -0.382 e. The molecular weight excluding hydrogens is 268 g/mol. The fourth-order valence-electron chi connectivity index (χ4n) is 1.42. The van der Waals surface area contributed by atoms with Crippen LogP contribution in [0.4, 0.5) is 11.4 Å². The van der Waals surface area contributed by atoms with Crippen LogP contribution in [0.15, 0.2) is 23.3 Å². The van der Waals surface area contributed by atoms with E-state index in [1.54, 1.807) is 24.3 Å². The van der Waals surface area contributed by atoms with Gasteiger partial charge >= 0.3 is 0 Å². The lowest BCUT2D eigenvalue weighted by atomic mass is 10.1. The number of amidine groups is 1. The van der Waals surface area contributed by atoms with Gasteiger partial charge in [0.15, 0.2) is 5.84 Å². The van der Waals surface area contributed by atoms with Gasteiger partial charge in [0.1, 0.15) is 6.07 Å². The Morgan fingerprint density at radius 3 is 2.62 bits per heavy atom. The Labute approximate surface area is 123 Å². The van der Waals surface area contributed by atoms with E-state index in [0.717, 1.165) is 11.3 Å². The summed E-state index contributed by atoms with van der Waals surface area (Å²) in [6, 6.07) is 6.94. The highest BCUT2D eigenvalue weighted by Gasteiger charge is 2.09. The van der Waals surface area contributed by atoms with Gasteiger partial charge in [0.05, 0.1) is 5.69 Å². The minimum atomic E-state index is -0.400. The number of hydrazone groups is 1. The topological polar surface area (TPSA) is 127 Å². The van der Waals surface area contributed by atoms with Crippen LogP contribution >= 0.6 is 0 Å². The molecule has 0 aliphatic heterocycles. The van der Waals surface area contributed by atoms with E-state index in [1.165, 1.54) is 0 Å². The maximum atomic E-state index is 11.7. The van der Waals surface area contributed by atoms with Gasteiger partial charge < -0.3 is 11.1 Å². The summed E-state index contributed by atoms with van der Waals surface area (Å²) in [6.07, 6.45) is 0. The van der Waals surface area contributed by atoms with Gasteiger partial charge in [-0.1, -0.05) is 13.8 Å². The van der Waals surface area contributed by atoms with Crippen LogP contribution in [0.2, 0.25) is 0 Å². The number of aryl methyl sites for hydroxylation is 1. The van der Waals surface area contributed by atoms with Crippen molar-refractivity contribution in [1.29, 1.82) is 10.7 Å². The monoisotopic (exact) mass is 286 g/mol. The van der Waals surface area contributed by atoms with Crippen LogP contribution in [-0.4, -0.2) is 17.5 Å². The molecule has 1 amide bonds. The molecule has 0 aliphatic rings. The van der Waals surface area contributed by atoms with Gasteiger partial charge in [-0.3, -0.25) is 15.6 Å². The molecule has 21 heavy (non-hydrogen) atoms. The summed E-state index contributed by atoms with van der Waals surface area (Å²) in [5.74, 6) is -0.553. The lowest BCUT2D eigenvalue weighted by Gasteiger charge is -2.11. The molecule has 110 valence electrons. The lowest BCUT2D eigenvalue weighted by Crippen LogP contribution is -2.21. The van der Waals surface area contributed by atoms with Crippen molar-refractivity contribution >= 4 is 28.8 Å². The highest BCUT2D eigenvalue weighted by atomic mass is 16.1. The second kappa shape index (κ2) is 7.05. The number of carbonyl (C=O) groups excluding carboxylic acids is 1. The van der Waals surface area contributed by atoms with Crippen LogP contribution in [-0.2, 0) is 4.79 Å². The van der Waals surface area contributed by atoms with E-state index in [0.29, 0.717) is 5.69 Å². The van der Waals surface area contributed by atoms with Crippen LogP contribution in [0.25, 0.3) is 0 Å². The maximum Gasteiger partial charge on any atom is 0.226 e. The molecule has 0 bridgehead atoms. The van der Waals surface area contributed by atoms with Crippen molar-refractivity contribution in [3.63, 3.8) is 0 Å². The largest absolute Gasteiger partial charge is 0.382 e. The first-order chi connectivity index (χ1) is 9.85. The normalized spacial score (nSPS) is 10.9. The summed E-state index contributed by atoms with van der Waals surface area (Å²) in [4.78, 5) is 11.7. The summed E-state index contributed by atoms with van der Waals surface area (Å²) in [7, 11) is 0. The second-order valence-electron chi connectivity index (χ2n) is 4.77. The fraction of sp³-hybridized carbons (Fsp3) is 0.286. The van der Waals surface area contributed by atoms with Crippen molar-refractivity contribution in [2.24, 2.45) is 16.8 Å². The van der Waals surface area contributed by atoms with E-state index in [4.69, 9.17) is 16.4 Å². The summed E-state index contributed by atoms with van der Waals surface area (Å²) in [5.41, 5.74) is 9.85. The van der Waals surface area contributed by atoms with E-state index in [-0.39, 0.29) is 17.5 Å². The standard InChI is InChI=1S/C14H18N6O/c1-8(2)14(21)18-11-5-4-10(6-9(11)3)19-20-12(7-15)13(16)17/h4-6,8,19H,1-3H3,(H3,16,17)(H,18,21)/b20-12+. The predicted molar refractivity (Wildman–Crippen MR) is 83.2 cm³/mol. The first kappa shape index (κ1) is 16.2. The third-order valence-corrected chi connectivity index (χ3v) is 2.67. The van der Waals surface area contributed by atoms with Gasteiger partial charge in [-0.25, -0.2) is 0 Å². The number of carbonyl (C=O) groups is 1. The molecule has 0 fully saturated rings. The summed E-state index contributed by atoms with van der Waals surface area (Å²) in [6.45, 7) is 5.49. The molecule has 0 aromatic heterocycles. The zero-order chi connectivity index (χ0) is 16.0. The van der Waals surface area contributed by atoms with Crippen LogP contribution in [0, 0.1) is 29.6 Å². The minimum absolute atomic E-state index is 0.0554. The summed E-state index contributed by atoms with van der Waals surface area (Å²) < 4.78 is 0. The Hall–Kier alpha value is -2.88. The molecule has 0 atom stereocenters. The highest BCUT2D eigenvalue weighted by Crippen LogP contribution is 2.20. The molecule has 7 nitrogen and oxygen atoms in total. The number of nitrogens with one attached hydrogen (secondary N) is 3. The van der Waals surface area contributed by atoms with Crippen molar-refractivity contribution in [3.05, 3.63) is 23.8 Å². The number of anilines is 2. The number of benzene rings is 1. The van der Waals surface area contributed by atoms with E-state index in [1.807, 2.05) is 20.8 Å². The number of rotatable bonds is 5. The van der Waals surface area contributed by atoms with Crippen LogP contribution in [0.1, 0.15) is 19.4 Å². The maximum absolute atomic E-state index is 11.7. The summed E-state index contributed by atoms with van der Waals surface area (Å²) in [5, 5.41) is 22.4. The van der Waals surface area contributed by atoms with Crippen molar-refractivity contribution < 1.29 is 4.79 Å². The van der Waals surface area contributed by atoms with Gasteiger partial charge in [-0.05, 0) is 30.7 Å². The second-order valence-corrected chi connectivity index (χ2v) is 4.77. The molecule has 0 radical (unpaired) electrons. The number of nitrogens with two attached hydrogens (primary N) is 1. The third-order valence-electron chi connectivity index (χ3n) is 2.67. The first-order valence-electron chi connectivity index (χ1n) is 6.35. The molecule has 0 spiro atoms. The van der Waals surface area contributed by atoms with Gasteiger partial charge in [0, 0.05) is 11.6 Å². The molecule has 0 aliphatic carbocycles. The third kappa shape index (κ3) is 4.62. The lowest BCUT2D eigenvalue weighted by molar-refractivity contribution is -0.118. The van der Waals surface area contributed by atoms with Crippen molar-refractivity contribution in [1.82, 2.24) is 0 Å². The Morgan fingerprint density at radius 2 is 2.14 bits per heavy atom. The number of nitrogens with zero attached hydrogens (tertiary/aromatic N) is 2. The summed E-state index contributed by atoms with van der Waals surface area (Å²) >= 11 is 0. The quantitative estimate of drug-likeness (QED) is 0.374. The van der Waals surface area contributed by atoms with Gasteiger partial charge in [0.2, 0.25) is 11.6 Å². The average Bonchev–Trinajstić information content (AvgIpc) is 2.41. The number of hydrogen-bond acceptors (Lipinski definition) is 5. The smallest absolute Gasteiger partial charge is 0.226 e. The average molecular weight is 286 g/mol. The van der Waals surface area contributed by atoms with E-state index in [9.17, 15) is 4.79 Å². The molecule has 1 rings (SSSR count). The predicted octanol–water partition coefficient (Wildman–Crippen LogP) is 1.82. The van der Waals surface area contributed by atoms with Gasteiger partial charge in [-0.2, -0.15) is 10.4 Å². The Morgan fingerprint density at radius 1 is 1.48 bits per heavy atom. The number of hydrogen-bond donors (Lipinski definition) is 4. The Kier molecular flexibility index (Phi) is 5.43. The van der Waals surface area contributed by atoms with E-state index < -0.39 is 5.84 Å². The van der Waals surface area contributed by atoms with Crippen molar-refractivity contribution in [3.8, 4) is 6.07 Å². The molecule has 0 unspecified atom stereocenters. The molecule has 0 saturated carbocycles. The van der Waals surface area contributed by atoms with Gasteiger partial charge in [-0.15, -0.1) is 0 Å².